The van der Waals surface area contributed by atoms with E-state index in [1.807, 2.05) is 30.0 Å². The van der Waals surface area contributed by atoms with Gasteiger partial charge in [0.05, 0.1) is 24.9 Å². The lowest BCUT2D eigenvalue weighted by Gasteiger charge is -2.40. The Morgan fingerprint density at radius 2 is 2.37 bits per heavy atom. The Morgan fingerprint density at radius 1 is 1.58 bits per heavy atom. The molecule has 4 N–H and O–H groups in total. The van der Waals surface area contributed by atoms with E-state index in [4.69, 9.17) is 16.2 Å². The zero-order valence-electron chi connectivity index (χ0n) is 11.0. The quantitative estimate of drug-likeness (QED) is 0.775. The Labute approximate surface area is 112 Å². The van der Waals surface area contributed by atoms with Crippen LogP contribution in [0.1, 0.15) is 18.7 Å². The minimum absolute atomic E-state index is 0.136. The van der Waals surface area contributed by atoms with Crippen molar-refractivity contribution in [3.8, 4) is 0 Å². The van der Waals surface area contributed by atoms with Gasteiger partial charge in [-0.3, -0.25) is 14.7 Å². The highest BCUT2D eigenvalue weighted by Crippen LogP contribution is 2.25. The van der Waals surface area contributed by atoms with Crippen LogP contribution in [0.3, 0.4) is 0 Å². The van der Waals surface area contributed by atoms with Crippen molar-refractivity contribution in [3.63, 3.8) is 0 Å². The number of amides is 1. The van der Waals surface area contributed by atoms with Crippen LogP contribution in [0.4, 0.5) is 0 Å². The summed E-state index contributed by atoms with van der Waals surface area (Å²) in [6, 6.07) is 4.94. The third-order valence-electron chi connectivity index (χ3n) is 3.34. The lowest BCUT2D eigenvalue weighted by Crippen LogP contribution is -2.56. The van der Waals surface area contributed by atoms with E-state index in [2.05, 4.69) is 4.98 Å². The van der Waals surface area contributed by atoms with Crippen LogP contribution in [0.2, 0.25) is 0 Å². The topological polar surface area (TPSA) is 94.5 Å². The van der Waals surface area contributed by atoms with Crippen molar-refractivity contribution in [3.05, 3.63) is 30.1 Å². The molecule has 104 valence electrons. The first-order chi connectivity index (χ1) is 9.11. The Morgan fingerprint density at radius 3 is 2.95 bits per heavy atom. The van der Waals surface area contributed by atoms with Crippen molar-refractivity contribution in [1.82, 2.24) is 9.88 Å². The van der Waals surface area contributed by atoms with Gasteiger partial charge in [-0.15, -0.1) is 0 Å². The number of carbonyl (C=O) groups excluding carboxylic acids is 1. The third kappa shape index (κ3) is 3.09. The largest absolute Gasteiger partial charge is 0.378 e. The molecule has 0 bridgehead atoms. The molecule has 1 amide bonds. The van der Waals surface area contributed by atoms with Gasteiger partial charge in [0.15, 0.2) is 0 Å². The van der Waals surface area contributed by atoms with Crippen molar-refractivity contribution < 1.29 is 9.53 Å². The summed E-state index contributed by atoms with van der Waals surface area (Å²) >= 11 is 0. The predicted molar refractivity (Wildman–Crippen MR) is 71.1 cm³/mol. The van der Waals surface area contributed by atoms with Crippen LogP contribution in [0, 0.1) is 0 Å². The predicted octanol–water partition coefficient (Wildman–Crippen LogP) is -0.344. The molecule has 3 atom stereocenters. The van der Waals surface area contributed by atoms with Gasteiger partial charge >= 0.3 is 0 Å². The highest BCUT2D eigenvalue weighted by Gasteiger charge is 2.36. The van der Waals surface area contributed by atoms with E-state index in [1.165, 1.54) is 0 Å². The molecule has 0 spiro atoms. The first-order valence-corrected chi connectivity index (χ1v) is 6.40. The van der Waals surface area contributed by atoms with Crippen molar-refractivity contribution in [2.45, 2.75) is 25.0 Å². The van der Waals surface area contributed by atoms with Gasteiger partial charge in [-0.25, -0.2) is 0 Å². The zero-order valence-corrected chi connectivity index (χ0v) is 11.0. The average Bonchev–Trinajstić information content (AvgIpc) is 2.40. The number of morpholine rings is 1. The fourth-order valence-electron chi connectivity index (χ4n) is 2.49. The number of hydrogen-bond donors (Lipinski definition) is 2. The van der Waals surface area contributed by atoms with E-state index in [1.54, 1.807) is 6.20 Å². The maximum absolute atomic E-state index is 11.6. The molecule has 6 heteroatoms. The molecule has 1 saturated heterocycles. The van der Waals surface area contributed by atoms with Crippen molar-refractivity contribution >= 4 is 5.91 Å². The van der Waals surface area contributed by atoms with Gasteiger partial charge in [0, 0.05) is 18.8 Å². The van der Waals surface area contributed by atoms with Gasteiger partial charge in [0.1, 0.15) is 6.04 Å². The highest BCUT2D eigenvalue weighted by molar-refractivity contribution is 5.80. The second-order valence-corrected chi connectivity index (χ2v) is 4.79. The molecule has 0 aliphatic carbocycles. The summed E-state index contributed by atoms with van der Waals surface area (Å²) < 4.78 is 5.34. The minimum atomic E-state index is -0.452. The lowest BCUT2D eigenvalue weighted by atomic mass is 10.0. The highest BCUT2D eigenvalue weighted by atomic mass is 16.5. The number of rotatable bonds is 4. The molecule has 1 fully saturated rings. The van der Waals surface area contributed by atoms with Gasteiger partial charge < -0.3 is 16.2 Å². The summed E-state index contributed by atoms with van der Waals surface area (Å²) in [4.78, 5) is 17.9. The second kappa shape index (κ2) is 6.10. The van der Waals surface area contributed by atoms with E-state index >= 15 is 0 Å². The standard InChI is InChI=1S/C13H20N4O2/c1-9(14)12(10-4-2-3-5-16-10)17-6-7-19-8-11(17)13(15)18/h2-5,9,11-12H,6-8,14H2,1H3,(H2,15,18). The van der Waals surface area contributed by atoms with Gasteiger partial charge in [0.2, 0.25) is 5.91 Å². The summed E-state index contributed by atoms with van der Waals surface area (Å²) in [5, 5.41) is 0. The zero-order chi connectivity index (χ0) is 13.8. The van der Waals surface area contributed by atoms with E-state index < -0.39 is 6.04 Å². The van der Waals surface area contributed by atoms with Gasteiger partial charge in [-0.05, 0) is 19.1 Å². The van der Waals surface area contributed by atoms with Crippen LogP contribution < -0.4 is 11.5 Å². The van der Waals surface area contributed by atoms with Gasteiger partial charge in [0.25, 0.3) is 0 Å². The van der Waals surface area contributed by atoms with Crippen molar-refractivity contribution in [1.29, 1.82) is 0 Å². The Kier molecular flexibility index (Phi) is 4.47. The average molecular weight is 264 g/mol. The number of nitrogens with zero attached hydrogens (tertiary/aromatic N) is 2. The molecule has 1 aliphatic heterocycles. The maximum atomic E-state index is 11.6. The number of hydrogen-bond acceptors (Lipinski definition) is 5. The molecule has 0 aromatic carbocycles. The van der Waals surface area contributed by atoms with Crippen LogP contribution in [0.25, 0.3) is 0 Å². The van der Waals surface area contributed by atoms with Crippen LogP contribution >= 0.6 is 0 Å². The Balaban J connectivity index is 2.30. The van der Waals surface area contributed by atoms with Crippen LogP contribution in [-0.2, 0) is 9.53 Å². The number of carbonyl (C=O) groups is 1. The fraction of sp³-hybridized carbons (Fsp3) is 0.538. The third-order valence-corrected chi connectivity index (χ3v) is 3.34. The molecule has 6 nitrogen and oxygen atoms in total. The Bertz CT molecular complexity index is 424. The van der Waals surface area contributed by atoms with Crippen LogP contribution in [0.15, 0.2) is 24.4 Å². The van der Waals surface area contributed by atoms with E-state index in [0.29, 0.717) is 19.8 Å². The second-order valence-electron chi connectivity index (χ2n) is 4.79. The van der Waals surface area contributed by atoms with Crippen LogP contribution in [-0.4, -0.2) is 47.6 Å². The SMILES string of the molecule is CC(N)C(c1ccccn1)N1CCOCC1C(N)=O. The molecule has 3 unspecified atom stereocenters. The molecule has 1 aromatic heterocycles. The molecular weight excluding hydrogens is 244 g/mol. The number of nitrogens with two attached hydrogens (primary N) is 2. The van der Waals surface area contributed by atoms with Gasteiger partial charge in [-0.2, -0.15) is 0 Å². The normalized spacial score (nSPS) is 23.8. The van der Waals surface area contributed by atoms with E-state index in [-0.39, 0.29) is 18.0 Å². The number of primary amides is 1. The molecule has 2 rings (SSSR count). The first-order valence-electron chi connectivity index (χ1n) is 6.40. The molecular formula is C13H20N4O2. The number of pyridine rings is 1. The lowest BCUT2D eigenvalue weighted by molar-refractivity contribution is -0.131. The number of ether oxygens (including phenoxy) is 1. The smallest absolute Gasteiger partial charge is 0.237 e. The molecule has 0 saturated carbocycles. The number of aromatic nitrogens is 1. The monoisotopic (exact) mass is 264 g/mol. The maximum Gasteiger partial charge on any atom is 0.237 e. The summed E-state index contributed by atoms with van der Waals surface area (Å²) in [7, 11) is 0. The summed E-state index contributed by atoms with van der Waals surface area (Å²) in [5.41, 5.74) is 12.4. The molecule has 2 heterocycles. The van der Waals surface area contributed by atoms with E-state index in [0.717, 1.165) is 5.69 Å². The summed E-state index contributed by atoms with van der Waals surface area (Å²) in [5.74, 6) is -0.388. The van der Waals surface area contributed by atoms with Crippen LogP contribution in [0.5, 0.6) is 0 Å². The molecule has 19 heavy (non-hydrogen) atoms. The molecule has 0 radical (unpaired) electrons. The molecule has 1 aromatic rings. The summed E-state index contributed by atoms with van der Waals surface area (Å²) in [6.45, 7) is 3.41. The van der Waals surface area contributed by atoms with Crippen molar-refractivity contribution in [2.24, 2.45) is 11.5 Å². The van der Waals surface area contributed by atoms with Crippen molar-refractivity contribution in [2.75, 3.05) is 19.8 Å². The van der Waals surface area contributed by atoms with E-state index in [9.17, 15) is 4.79 Å². The Hall–Kier alpha value is -1.50. The summed E-state index contributed by atoms with van der Waals surface area (Å²) in [6.07, 6.45) is 1.73. The molecule has 1 aliphatic rings. The van der Waals surface area contributed by atoms with Gasteiger partial charge in [-0.1, -0.05) is 6.07 Å². The fourth-order valence-corrected chi connectivity index (χ4v) is 2.49. The first kappa shape index (κ1) is 13.9. The minimum Gasteiger partial charge on any atom is -0.378 e.